The van der Waals surface area contributed by atoms with Crippen molar-refractivity contribution in [3.05, 3.63) is 11.6 Å². The highest BCUT2D eigenvalue weighted by atomic mass is 16.4. The summed E-state index contributed by atoms with van der Waals surface area (Å²) in [7, 11) is 0. The van der Waals surface area contributed by atoms with E-state index >= 15 is 0 Å². The van der Waals surface area contributed by atoms with Crippen LogP contribution in [0.25, 0.3) is 0 Å². The number of hydrogen-bond acceptors (Lipinski definition) is 3. The fraction of sp³-hybridized carbons (Fsp3) is 0.692. The molecule has 0 aromatic heterocycles. The molecule has 1 saturated carbocycles. The van der Waals surface area contributed by atoms with Crippen LogP contribution in [0.3, 0.4) is 0 Å². The maximum Gasteiger partial charge on any atom is 0.303 e. The second-order valence-corrected chi connectivity index (χ2v) is 5.12. The molecule has 0 aromatic rings. The Morgan fingerprint density at radius 2 is 2.28 bits per heavy atom. The van der Waals surface area contributed by atoms with Crippen molar-refractivity contribution >= 4 is 12.4 Å². The van der Waals surface area contributed by atoms with Crippen molar-refractivity contribution in [3.8, 4) is 0 Å². The second kappa shape index (κ2) is 6.00. The number of hydrogen-bond donors (Lipinski definition) is 3. The number of fused-ring (bicyclic) bond motifs is 1. The van der Waals surface area contributed by atoms with Gasteiger partial charge in [-0.2, -0.15) is 0 Å². The van der Waals surface area contributed by atoms with E-state index in [9.17, 15) is 4.79 Å². The van der Waals surface area contributed by atoms with Crippen molar-refractivity contribution in [2.24, 2.45) is 23.0 Å². The molecule has 0 amide bonds. The Hall–Kier alpha value is -1.36. The number of allylic oxidation sites excluding steroid dienone is 2. The third-order valence-electron chi connectivity index (χ3n) is 4.19. The zero-order valence-corrected chi connectivity index (χ0v) is 10.6. The number of carbonyl (C=O) groups is 2. The molecular formula is C13H21NO4. The summed E-state index contributed by atoms with van der Waals surface area (Å²) in [5.41, 5.74) is 7.13. The number of nitrogens with two attached hydrogens (primary N) is 1. The summed E-state index contributed by atoms with van der Waals surface area (Å²) in [4.78, 5) is 19.2. The molecule has 4 N–H and O–H groups in total. The lowest BCUT2D eigenvalue weighted by atomic mass is 9.53. The van der Waals surface area contributed by atoms with Gasteiger partial charge in [0.25, 0.3) is 6.47 Å². The standard InChI is InChI=1S/C12H19NO2.CH2O2/c1-2-8-3-9-5-12(7-13,6-11(14)15)10(9)4-8;2-1-3/h4,9-10H,2-3,5-7,13H2,1H3,(H,14,15);1H,(H,2,3)/t9-,10-,12+;/m0./s1. The summed E-state index contributed by atoms with van der Waals surface area (Å²) in [6, 6.07) is 0. The molecule has 3 atom stereocenters. The van der Waals surface area contributed by atoms with Gasteiger partial charge in [0.2, 0.25) is 0 Å². The average Bonchev–Trinajstić information content (AvgIpc) is 2.65. The molecule has 0 radical (unpaired) electrons. The number of carboxylic acids is 1. The Labute approximate surface area is 107 Å². The molecule has 102 valence electrons. The fourth-order valence-corrected chi connectivity index (χ4v) is 3.34. The molecule has 1 fully saturated rings. The lowest BCUT2D eigenvalue weighted by molar-refractivity contribution is -0.144. The van der Waals surface area contributed by atoms with Crippen molar-refractivity contribution in [2.75, 3.05) is 6.54 Å². The average molecular weight is 255 g/mol. The molecule has 2 rings (SSSR count). The Bertz CT molecular complexity index is 353. The highest BCUT2D eigenvalue weighted by Crippen LogP contribution is 2.59. The Balaban J connectivity index is 0.000000492. The minimum Gasteiger partial charge on any atom is -0.483 e. The first kappa shape index (κ1) is 14.7. The zero-order valence-electron chi connectivity index (χ0n) is 10.6. The van der Waals surface area contributed by atoms with E-state index in [0.29, 0.717) is 18.4 Å². The van der Waals surface area contributed by atoms with Gasteiger partial charge < -0.3 is 15.9 Å². The molecule has 0 unspecified atom stereocenters. The van der Waals surface area contributed by atoms with Gasteiger partial charge in [-0.25, -0.2) is 0 Å². The smallest absolute Gasteiger partial charge is 0.303 e. The maximum atomic E-state index is 10.8. The maximum absolute atomic E-state index is 10.8. The summed E-state index contributed by atoms with van der Waals surface area (Å²) in [6.45, 7) is 2.42. The van der Waals surface area contributed by atoms with Gasteiger partial charge >= 0.3 is 5.97 Å². The molecule has 18 heavy (non-hydrogen) atoms. The second-order valence-electron chi connectivity index (χ2n) is 5.12. The SMILES string of the molecule is CCC1=C[C@H]2[C@@H](C1)C[C@]2(CN)CC(=O)O.O=CO. The number of carboxylic acid groups (broad SMARTS) is 2. The van der Waals surface area contributed by atoms with E-state index in [1.807, 2.05) is 0 Å². The molecule has 2 aliphatic rings. The lowest BCUT2D eigenvalue weighted by Crippen LogP contribution is -2.51. The van der Waals surface area contributed by atoms with E-state index in [1.54, 1.807) is 0 Å². The molecule has 0 aromatic carbocycles. The molecule has 0 heterocycles. The predicted molar refractivity (Wildman–Crippen MR) is 67.0 cm³/mol. The molecule has 0 saturated heterocycles. The topological polar surface area (TPSA) is 101 Å². The van der Waals surface area contributed by atoms with Crippen LogP contribution in [0, 0.1) is 17.3 Å². The van der Waals surface area contributed by atoms with Gasteiger partial charge in [0.1, 0.15) is 0 Å². The van der Waals surface area contributed by atoms with Crippen molar-refractivity contribution in [3.63, 3.8) is 0 Å². The summed E-state index contributed by atoms with van der Waals surface area (Å²) < 4.78 is 0. The largest absolute Gasteiger partial charge is 0.483 e. The van der Waals surface area contributed by atoms with Gasteiger partial charge in [0, 0.05) is 0 Å². The van der Waals surface area contributed by atoms with E-state index in [1.165, 1.54) is 12.0 Å². The van der Waals surface area contributed by atoms with Crippen LogP contribution < -0.4 is 5.73 Å². The van der Waals surface area contributed by atoms with Gasteiger partial charge in [-0.3, -0.25) is 9.59 Å². The molecule has 0 bridgehead atoms. The summed E-state index contributed by atoms with van der Waals surface area (Å²) in [5.74, 6) is 0.411. The highest BCUT2D eigenvalue weighted by Gasteiger charge is 2.54. The highest BCUT2D eigenvalue weighted by molar-refractivity contribution is 5.68. The minimum atomic E-state index is -0.711. The first-order chi connectivity index (χ1) is 8.52. The molecule has 2 aliphatic carbocycles. The van der Waals surface area contributed by atoms with Crippen molar-refractivity contribution in [1.29, 1.82) is 0 Å². The predicted octanol–water partition coefficient (Wildman–Crippen LogP) is 1.48. The molecule has 5 heteroatoms. The van der Waals surface area contributed by atoms with E-state index in [0.717, 1.165) is 12.8 Å². The van der Waals surface area contributed by atoms with Crippen LogP contribution in [0.15, 0.2) is 11.6 Å². The molecule has 0 spiro atoms. The summed E-state index contributed by atoms with van der Waals surface area (Å²) >= 11 is 0. The van der Waals surface area contributed by atoms with Gasteiger partial charge in [0.15, 0.2) is 0 Å². The minimum absolute atomic E-state index is 0.132. The van der Waals surface area contributed by atoms with Crippen LogP contribution in [0.2, 0.25) is 0 Å². The molecule has 5 nitrogen and oxygen atoms in total. The quantitative estimate of drug-likeness (QED) is 0.522. The number of aliphatic carboxylic acids is 1. The summed E-state index contributed by atoms with van der Waals surface area (Å²) in [6.07, 6.45) is 5.80. The molecular weight excluding hydrogens is 234 g/mol. The first-order valence-corrected chi connectivity index (χ1v) is 6.22. The van der Waals surface area contributed by atoms with E-state index in [4.69, 9.17) is 20.7 Å². The van der Waals surface area contributed by atoms with Gasteiger partial charge in [-0.1, -0.05) is 18.6 Å². The third kappa shape index (κ3) is 2.72. The third-order valence-corrected chi connectivity index (χ3v) is 4.19. The molecule has 0 aliphatic heterocycles. The van der Waals surface area contributed by atoms with E-state index < -0.39 is 5.97 Å². The van der Waals surface area contributed by atoms with E-state index in [2.05, 4.69) is 13.0 Å². The lowest BCUT2D eigenvalue weighted by Gasteiger charge is -2.51. The van der Waals surface area contributed by atoms with E-state index in [-0.39, 0.29) is 18.3 Å². The summed E-state index contributed by atoms with van der Waals surface area (Å²) in [5, 5.41) is 15.8. The van der Waals surface area contributed by atoms with Crippen LogP contribution in [0.5, 0.6) is 0 Å². The fourth-order valence-electron chi connectivity index (χ4n) is 3.34. The van der Waals surface area contributed by atoms with Gasteiger partial charge in [-0.05, 0) is 43.1 Å². The van der Waals surface area contributed by atoms with Gasteiger partial charge in [0.05, 0.1) is 6.42 Å². The van der Waals surface area contributed by atoms with Crippen molar-refractivity contribution in [1.82, 2.24) is 0 Å². The van der Waals surface area contributed by atoms with Crippen molar-refractivity contribution in [2.45, 2.75) is 32.6 Å². The Morgan fingerprint density at radius 1 is 1.67 bits per heavy atom. The van der Waals surface area contributed by atoms with Crippen LogP contribution in [-0.2, 0) is 9.59 Å². The van der Waals surface area contributed by atoms with Crippen LogP contribution >= 0.6 is 0 Å². The normalized spacial score (nSPS) is 32.4. The Morgan fingerprint density at radius 3 is 2.72 bits per heavy atom. The van der Waals surface area contributed by atoms with Gasteiger partial charge in [-0.15, -0.1) is 0 Å². The zero-order chi connectivity index (χ0) is 13.8. The first-order valence-electron chi connectivity index (χ1n) is 6.22. The van der Waals surface area contributed by atoms with Crippen LogP contribution in [0.4, 0.5) is 0 Å². The van der Waals surface area contributed by atoms with Crippen LogP contribution in [-0.4, -0.2) is 29.2 Å². The Kier molecular flexibility index (Phi) is 4.90. The van der Waals surface area contributed by atoms with Crippen LogP contribution in [0.1, 0.15) is 32.6 Å². The number of rotatable bonds is 4. The van der Waals surface area contributed by atoms with Crippen molar-refractivity contribution < 1.29 is 19.8 Å². The monoisotopic (exact) mass is 255 g/mol.